The molecule has 3 heterocycles. The zero-order valence-corrected chi connectivity index (χ0v) is 13.5. The van der Waals surface area contributed by atoms with Crippen LogP contribution in [0.15, 0.2) is 35.8 Å². The van der Waals surface area contributed by atoms with Gasteiger partial charge in [-0.2, -0.15) is 0 Å². The molecular formula is C15H17ClN4OS. The van der Waals surface area contributed by atoms with Gasteiger partial charge in [0.25, 0.3) is 0 Å². The summed E-state index contributed by atoms with van der Waals surface area (Å²) >= 11 is 7.80. The highest BCUT2D eigenvalue weighted by atomic mass is 35.5. The molecule has 2 amide bonds. The Morgan fingerprint density at radius 2 is 2.36 bits per heavy atom. The average molecular weight is 337 g/mol. The zero-order chi connectivity index (χ0) is 15.4. The van der Waals surface area contributed by atoms with E-state index >= 15 is 0 Å². The van der Waals surface area contributed by atoms with E-state index < -0.39 is 0 Å². The van der Waals surface area contributed by atoms with Crippen LogP contribution in [0.1, 0.15) is 11.3 Å². The smallest absolute Gasteiger partial charge is 0.315 e. The van der Waals surface area contributed by atoms with Gasteiger partial charge in [-0.3, -0.25) is 0 Å². The van der Waals surface area contributed by atoms with Crippen molar-refractivity contribution < 1.29 is 4.79 Å². The number of carbonyl (C=O) groups excluding carboxylic acids is 1. The molecule has 2 aromatic rings. The summed E-state index contributed by atoms with van der Waals surface area (Å²) in [6.07, 6.45) is 2.62. The second kappa shape index (κ2) is 6.98. The summed E-state index contributed by atoms with van der Waals surface area (Å²) in [6, 6.07) is 7.61. The van der Waals surface area contributed by atoms with E-state index in [0.717, 1.165) is 30.2 Å². The van der Waals surface area contributed by atoms with Crippen LogP contribution in [0.2, 0.25) is 5.02 Å². The molecule has 0 aliphatic carbocycles. The average Bonchev–Trinajstić information content (AvgIpc) is 3.17. The molecule has 1 aliphatic rings. The van der Waals surface area contributed by atoms with Crippen LogP contribution in [0.3, 0.4) is 0 Å². The molecule has 5 nitrogen and oxygen atoms in total. The summed E-state index contributed by atoms with van der Waals surface area (Å²) in [6.45, 7) is 2.13. The number of amides is 2. The van der Waals surface area contributed by atoms with Crippen LogP contribution in [-0.4, -0.2) is 30.1 Å². The predicted octanol–water partition coefficient (Wildman–Crippen LogP) is 2.87. The number of hydrogen-bond acceptors (Lipinski definition) is 4. The highest BCUT2D eigenvalue weighted by Gasteiger charge is 2.25. The van der Waals surface area contributed by atoms with Gasteiger partial charge in [-0.15, -0.1) is 11.3 Å². The number of carbonyl (C=O) groups is 1. The van der Waals surface area contributed by atoms with Gasteiger partial charge in [0.05, 0.1) is 11.6 Å². The number of thiophene rings is 1. The van der Waals surface area contributed by atoms with Crippen molar-refractivity contribution in [3.63, 3.8) is 0 Å². The summed E-state index contributed by atoms with van der Waals surface area (Å²) in [4.78, 5) is 19.5. The Labute approximate surface area is 138 Å². The maximum absolute atomic E-state index is 11.9. The number of urea groups is 1. The van der Waals surface area contributed by atoms with Crippen molar-refractivity contribution in [3.8, 4) is 0 Å². The molecule has 1 fully saturated rings. The van der Waals surface area contributed by atoms with Crippen LogP contribution in [0.25, 0.3) is 0 Å². The SMILES string of the molecule is O=C(NCc1cccs1)NC1CCN(c2ncccc2Cl)C1. The molecule has 7 heteroatoms. The topological polar surface area (TPSA) is 57.3 Å². The largest absolute Gasteiger partial charge is 0.353 e. The Morgan fingerprint density at radius 3 is 3.14 bits per heavy atom. The highest BCUT2D eigenvalue weighted by molar-refractivity contribution is 7.09. The third-order valence-corrected chi connectivity index (χ3v) is 4.74. The molecule has 116 valence electrons. The van der Waals surface area contributed by atoms with Gasteiger partial charge in [0.15, 0.2) is 0 Å². The number of pyridine rings is 1. The summed E-state index contributed by atoms with van der Waals surface area (Å²) in [5, 5.41) is 8.52. The molecule has 2 aromatic heterocycles. The summed E-state index contributed by atoms with van der Waals surface area (Å²) in [7, 11) is 0. The fourth-order valence-corrected chi connectivity index (χ4v) is 3.38. The van der Waals surface area contributed by atoms with Gasteiger partial charge < -0.3 is 15.5 Å². The van der Waals surface area contributed by atoms with Crippen molar-refractivity contribution >= 4 is 34.8 Å². The van der Waals surface area contributed by atoms with Crippen LogP contribution in [0.5, 0.6) is 0 Å². The lowest BCUT2D eigenvalue weighted by atomic mass is 10.3. The Morgan fingerprint density at radius 1 is 1.45 bits per heavy atom. The number of halogens is 1. The maximum atomic E-state index is 11.9. The van der Waals surface area contributed by atoms with Crippen molar-refractivity contribution in [2.75, 3.05) is 18.0 Å². The first kappa shape index (κ1) is 15.1. The molecule has 1 atom stereocenters. The number of rotatable bonds is 4. The molecule has 1 saturated heterocycles. The van der Waals surface area contributed by atoms with Gasteiger partial charge in [0.2, 0.25) is 0 Å². The van der Waals surface area contributed by atoms with Crippen molar-refractivity contribution in [2.24, 2.45) is 0 Å². The lowest BCUT2D eigenvalue weighted by Gasteiger charge is -2.19. The number of nitrogens with one attached hydrogen (secondary N) is 2. The maximum Gasteiger partial charge on any atom is 0.315 e. The minimum atomic E-state index is -0.132. The molecule has 1 aliphatic heterocycles. The highest BCUT2D eigenvalue weighted by Crippen LogP contribution is 2.25. The first-order valence-corrected chi connectivity index (χ1v) is 8.40. The minimum Gasteiger partial charge on any atom is -0.353 e. The molecule has 0 spiro atoms. The molecule has 1 unspecified atom stereocenters. The molecular weight excluding hydrogens is 320 g/mol. The standard InChI is InChI=1S/C15H17ClN4OS/c16-13-4-1-6-17-14(13)20-7-5-11(10-20)19-15(21)18-9-12-3-2-8-22-12/h1-4,6,8,11H,5,7,9-10H2,(H2,18,19,21). The molecule has 22 heavy (non-hydrogen) atoms. The Hall–Kier alpha value is -1.79. The molecule has 2 N–H and O–H groups in total. The number of nitrogens with zero attached hydrogens (tertiary/aromatic N) is 2. The zero-order valence-electron chi connectivity index (χ0n) is 12.0. The van der Waals surface area contributed by atoms with Gasteiger partial charge in [-0.05, 0) is 30.0 Å². The first-order chi connectivity index (χ1) is 10.7. The Kier molecular flexibility index (Phi) is 4.80. The molecule has 0 saturated carbocycles. The number of anilines is 1. The van der Waals surface area contributed by atoms with Gasteiger partial charge in [-0.1, -0.05) is 17.7 Å². The van der Waals surface area contributed by atoms with Gasteiger partial charge in [0.1, 0.15) is 5.82 Å². The molecule has 0 aromatic carbocycles. The third kappa shape index (κ3) is 3.69. The van der Waals surface area contributed by atoms with E-state index in [1.54, 1.807) is 17.5 Å². The van der Waals surface area contributed by atoms with Crippen molar-refractivity contribution in [1.29, 1.82) is 0 Å². The van der Waals surface area contributed by atoms with E-state index in [2.05, 4.69) is 20.5 Å². The van der Waals surface area contributed by atoms with Gasteiger partial charge >= 0.3 is 6.03 Å². The lowest BCUT2D eigenvalue weighted by Crippen LogP contribution is -2.43. The van der Waals surface area contributed by atoms with Crippen molar-refractivity contribution in [3.05, 3.63) is 45.7 Å². The summed E-state index contributed by atoms with van der Waals surface area (Å²) in [5.74, 6) is 0.785. The van der Waals surface area contributed by atoms with E-state index in [4.69, 9.17) is 11.6 Å². The second-order valence-electron chi connectivity index (χ2n) is 5.15. The van der Waals surface area contributed by atoms with E-state index in [1.165, 1.54) is 0 Å². The monoisotopic (exact) mass is 336 g/mol. The number of hydrogen-bond donors (Lipinski definition) is 2. The predicted molar refractivity (Wildman–Crippen MR) is 89.6 cm³/mol. The Balaban J connectivity index is 1.48. The second-order valence-corrected chi connectivity index (χ2v) is 6.59. The van der Waals surface area contributed by atoms with Gasteiger partial charge in [0, 0.05) is 30.2 Å². The van der Waals surface area contributed by atoms with Crippen molar-refractivity contribution in [2.45, 2.75) is 19.0 Å². The van der Waals surface area contributed by atoms with Gasteiger partial charge in [-0.25, -0.2) is 9.78 Å². The van der Waals surface area contributed by atoms with E-state index in [1.807, 2.05) is 29.6 Å². The van der Waals surface area contributed by atoms with E-state index in [-0.39, 0.29) is 12.1 Å². The minimum absolute atomic E-state index is 0.112. The first-order valence-electron chi connectivity index (χ1n) is 7.14. The van der Waals surface area contributed by atoms with Crippen LogP contribution in [0.4, 0.5) is 10.6 Å². The summed E-state index contributed by atoms with van der Waals surface area (Å²) < 4.78 is 0. The normalized spacial score (nSPS) is 17.5. The van der Waals surface area contributed by atoms with E-state index in [0.29, 0.717) is 11.6 Å². The van der Waals surface area contributed by atoms with Crippen LogP contribution in [-0.2, 0) is 6.54 Å². The molecule has 0 bridgehead atoms. The molecule has 3 rings (SSSR count). The van der Waals surface area contributed by atoms with Crippen LogP contribution in [0, 0.1) is 0 Å². The van der Waals surface area contributed by atoms with E-state index in [9.17, 15) is 4.79 Å². The summed E-state index contributed by atoms with van der Waals surface area (Å²) in [5.41, 5.74) is 0. The lowest BCUT2D eigenvalue weighted by molar-refractivity contribution is 0.237. The van der Waals surface area contributed by atoms with Crippen LogP contribution < -0.4 is 15.5 Å². The quantitative estimate of drug-likeness (QED) is 0.902. The molecule has 0 radical (unpaired) electrons. The van der Waals surface area contributed by atoms with Crippen LogP contribution >= 0.6 is 22.9 Å². The fraction of sp³-hybridized carbons (Fsp3) is 0.333. The number of aromatic nitrogens is 1. The Bertz CT molecular complexity index is 634. The van der Waals surface area contributed by atoms with Crippen molar-refractivity contribution in [1.82, 2.24) is 15.6 Å². The fourth-order valence-electron chi connectivity index (χ4n) is 2.50. The third-order valence-electron chi connectivity index (χ3n) is 3.57.